The summed E-state index contributed by atoms with van der Waals surface area (Å²) in [6.45, 7) is 1.10. The van der Waals surface area contributed by atoms with Gasteiger partial charge in [0.25, 0.3) is 11.8 Å². The van der Waals surface area contributed by atoms with Crippen LogP contribution in [-0.4, -0.2) is 43.0 Å². The number of carbonyl (C=O) groups is 2. The van der Waals surface area contributed by atoms with Crippen molar-refractivity contribution in [3.8, 4) is 5.75 Å². The van der Waals surface area contributed by atoms with Crippen LogP contribution in [-0.2, 0) is 0 Å². The minimum Gasteiger partial charge on any atom is -0.496 e. The molecule has 27 heavy (non-hydrogen) atoms. The highest BCUT2D eigenvalue weighted by atomic mass is 35.5. The van der Waals surface area contributed by atoms with Crippen LogP contribution in [0.4, 0.5) is 0 Å². The van der Waals surface area contributed by atoms with Gasteiger partial charge >= 0.3 is 0 Å². The van der Waals surface area contributed by atoms with Gasteiger partial charge in [0.1, 0.15) is 5.75 Å². The Bertz CT molecular complexity index is 849. The van der Waals surface area contributed by atoms with Crippen LogP contribution in [0.1, 0.15) is 33.6 Å². The first-order valence-electron chi connectivity index (χ1n) is 8.68. The number of nitrogens with one attached hydrogen (secondary N) is 1. The van der Waals surface area contributed by atoms with Crippen molar-refractivity contribution >= 4 is 35.0 Å². The fourth-order valence-electron chi connectivity index (χ4n) is 3.16. The van der Waals surface area contributed by atoms with Gasteiger partial charge in [0, 0.05) is 24.2 Å². The van der Waals surface area contributed by atoms with E-state index in [-0.39, 0.29) is 17.9 Å². The third kappa shape index (κ3) is 4.54. The number of nitrogens with zero attached hydrogens (tertiary/aromatic N) is 1. The number of ether oxygens (including phenoxy) is 1. The Labute approximate surface area is 168 Å². The van der Waals surface area contributed by atoms with Gasteiger partial charge in [-0.3, -0.25) is 9.59 Å². The number of amides is 2. The number of benzene rings is 2. The van der Waals surface area contributed by atoms with Crippen molar-refractivity contribution in [1.82, 2.24) is 10.2 Å². The Kier molecular flexibility index (Phi) is 6.24. The summed E-state index contributed by atoms with van der Waals surface area (Å²) in [7, 11) is 1.54. The van der Waals surface area contributed by atoms with E-state index in [1.165, 1.54) is 7.11 Å². The highest BCUT2D eigenvalue weighted by Gasteiger charge is 2.26. The van der Waals surface area contributed by atoms with Gasteiger partial charge in [0.15, 0.2) is 0 Å². The summed E-state index contributed by atoms with van der Waals surface area (Å²) in [5, 5.41) is 3.87. The second-order valence-corrected chi connectivity index (χ2v) is 7.21. The van der Waals surface area contributed by atoms with Crippen LogP contribution < -0.4 is 10.1 Å². The summed E-state index contributed by atoms with van der Waals surface area (Å²) in [6, 6.07) is 12.0. The molecule has 0 aliphatic carbocycles. The Morgan fingerprint density at radius 3 is 2.44 bits per heavy atom. The summed E-state index contributed by atoms with van der Waals surface area (Å²) < 4.78 is 5.24. The minimum absolute atomic E-state index is 0.00662. The number of hydrogen-bond acceptors (Lipinski definition) is 3. The van der Waals surface area contributed by atoms with E-state index in [1.54, 1.807) is 41.3 Å². The van der Waals surface area contributed by atoms with Crippen molar-refractivity contribution in [3.05, 3.63) is 63.6 Å². The summed E-state index contributed by atoms with van der Waals surface area (Å²) in [5.41, 5.74) is 0.948. The summed E-state index contributed by atoms with van der Waals surface area (Å²) in [6.07, 6.45) is 1.36. The van der Waals surface area contributed by atoms with Crippen LogP contribution in [0.15, 0.2) is 42.5 Å². The van der Waals surface area contributed by atoms with E-state index in [2.05, 4.69) is 5.32 Å². The Balaban J connectivity index is 1.58. The zero-order valence-corrected chi connectivity index (χ0v) is 16.4. The minimum atomic E-state index is -0.169. The number of hydrogen-bond donors (Lipinski definition) is 1. The first kappa shape index (κ1) is 19.5. The predicted octanol–water partition coefficient (Wildman–Crippen LogP) is 4.04. The lowest BCUT2D eigenvalue weighted by Crippen LogP contribution is -2.46. The molecule has 0 saturated carbocycles. The van der Waals surface area contributed by atoms with E-state index < -0.39 is 0 Å². The van der Waals surface area contributed by atoms with Crippen LogP contribution in [0.2, 0.25) is 10.0 Å². The molecular formula is C20H20Cl2N2O3. The fraction of sp³-hybridized carbons (Fsp3) is 0.300. The predicted molar refractivity (Wildman–Crippen MR) is 106 cm³/mol. The molecule has 2 aromatic rings. The molecule has 142 valence electrons. The largest absolute Gasteiger partial charge is 0.496 e. The van der Waals surface area contributed by atoms with E-state index >= 15 is 0 Å². The molecule has 0 spiro atoms. The highest BCUT2D eigenvalue weighted by molar-refractivity contribution is 6.36. The molecule has 0 unspecified atom stereocenters. The molecule has 0 atom stereocenters. The van der Waals surface area contributed by atoms with Crippen LogP contribution in [0.25, 0.3) is 0 Å². The zero-order chi connectivity index (χ0) is 19.4. The lowest BCUT2D eigenvalue weighted by molar-refractivity contribution is 0.0698. The molecule has 2 aromatic carbocycles. The number of halogens is 2. The quantitative estimate of drug-likeness (QED) is 0.833. The van der Waals surface area contributed by atoms with E-state index in [4.69, 9.17) is 27.9 Å². The molecule has 2 amide bonds. The second kappa shape index (κ2) is 8.63. The average molecular weight is 407 g/mol. The van der Waals surface area contributed by atoms with Gasteiger partial charge in [0.05, 0.1) is 23.3 Å². The Morgan fingerprint density at radius 1 is 1.07 bits per heavy atom. The van der Waals surface area contributed by atoms with Gasteiger partial charge in [-0.2, -0.15) is 0 Å². The zero-order valence-electron chi connectivity index (χ0n) is 14.9. The molecular weight excluding hydrogens is 387 g/mol. The topological polar surface area (TPSA) is 58.6 Å². The second-order valence-electron chi connectivity index (χ2n) is 6.36. The smallest absolute Gasteiger partial charge is 0.255 e. The molecule has 5 nitrogen and oxygen atoms in total. The summed E-state index contributed by atoms with van der Waals surface area (Å²) in [5.74, 6) is 0.254. The third-order valence-electron chi connectivity index (χ3n) is 4.63. The first-order chi connectivity index (χ1) is 13.0. The molecule has 1 saturated heterocycles. The monoisotopic (exact) mass is 406 g/mol. The van der Waals surface area contributed by atoms with E-state index in [0.717, 1.165) is 0 Å². The number of carbonyl (C=O) groups excluding carboxylic acids is 2. The molecule has 1 aliphatic rings. The number of methoxy groups -OCH3 is 1. The van der Waals surface area contributed by atoms with Crippen molar-refractivity contribution in [1.29, 1.82) is 0 Å². The highest BCUT2D eigenvalue weighted by Crippen LogP contribution is 2.24. The maximum absolute atomic E-state index is 12.7. The summed E-state index contributed by atoms with van der Waals surface area (Å²) >= 11 is 12.0. The van der Waals surface area contributed by atoms with E-state index in [9.17, 15) is 9.59 Å². The normalized spacial score (nSPS) is 14.7. The Morgan fingerprint density at radius 2 is 1.78 bits per heavy atom. The first-order valence-corrected chi connectivity index (χ1v) is 9.43. The fourth-order valence-corrected chi connectivity index (χ4v) is 3.64. The van der Waals surface area contributed by atoms with Crippen molar-refractivity contribution in [2.24, 2.45) is 0 Å². The van der Waals surface area contributed by atoms with Crippen LogP contribution >= 0.6 is 23.2 Å². The van der Waals surface area contributed by atoms with Crippen molar-refractivity contribution < 1.29 is 14.3 Å². The molecule has 1 N–H and O–H groups in total. The maximum Gasteiger partial charge on any atom is 0.255 e. The standard InChI is InChI=1S/C20H20Cl2N2O3/c1-27-18-5-3-2-4-16(18)19(25)23-14-8-10-24(11-9-14)20(26)15-7-6-13(21)12-17(15)22/h2-7,12,14H,8-11H2,1H3,(H,23,25). The molecule has 7 heteroatoms. The van der Waals surface area contributed by atoms with Crippen molar-refractivity contribution in [2.45, 2.75) is 18.9 Å². The molecule has 1 aliphatic heterocycles. The van der Waals surface area contributed by atoms with E-state index in [1.807, 2.05) is 6.07 Å². The Hall–Kier alpha value is -2.24. The van der Waals surface area contributed by atoms with Crippen molar-refractivity contribution in [3.63, 3.8) is 0 Å². The lowest BCUT2D eigenvalue weighted by atomic mass is 10.0. The lowest BCUT2D eigenvalue weighted by Gasteiger charge is -2.32. The van der Waals surface area contributed by atoms with Gasteiger partial charge < -0.3 is 15.0 Å². The van der Waals surface area contributed by atoms with Gasteiger partial charge in [-0.15, -0.1) is 0 Å². The van der Waals surface area contributed by atoms with Crippen LogP contribution in [0, 0.1) is 0 Å². The third-order valence-corrected chi connectivity index (χ3v) is 5.18. The number of piperidine rings is 1. The molecule has 0 aromatic heterocycles. The van der Waals surface area contributed by atoms with Crippen LogP contribution in [0.5, 0.6) is 5.75 Å². The van der Waals surface area contributed by atoms with Gasteiger partial charge in [-0.25, -0.2) is 0 Å². The van der Waals surface area contributed by atoms with Gasteiger partial charge in [-0.1, -0.05) is 35.3 Å². The molecule has 0 bridgehead atoms. The van der Waals surface area contributed by atoms with E-state index in [0.29, 0.717) is 52.9 Å². The molecule has 1 heterocycles. The molecule has 0 radical (unpaired) electrons. The molecule has 3 rings (SSSR count). The van der Waals surface area contributed by atoms with Crippen LogP contribution in [0.3, 0.4) is 0 Å². The van der Waals surface area contributed by atoms with Gasteiger partial charge in [0.2, 0.25) is 0 Å². The average Bonchev–Trinajstić information content (AvgIpc) is 2.68. The SMILES string of the molecule is COc1ccccc1C(=O)NC1CCN(C(=O)c2ccc(Cl)cc2Cl)CC1. The van der Waals surface area contributed by atoms with Gasteiger partial charge in [-0.05, 0) is 43.2 Å². The van der Waals surface area contributed by atoms with Crippen molar-refractivity contribution in [2.75, 3.05) is 20.2 Å². The summed E-state index contributed by atoms with van der Waals surface area (Å²) in [4.78, 5) is 26.9. The number of likely N-dealkylation sites (tertiary alicyclic amines) is 1. The number of para-hydroxylation sites is 1. The maximum atomic E-state index is 12.7. The number of rotatable bonds is 4. The molecule has 1 fully saturated rings.